The van der Waals surface area contributed by atoms with Gasteiger partial charge in [0.15, 0.2) is 6.61 Å². The number of carbonyl (C=O) groups is 2. The highest BCUT2D eigenvalue weighted by Gasteiger charge is 2.32. The van der Waals surface area contributed by atoms with E-state index >= 15 is 0 Å². The summed E-state index contributed by atoms with van der Waals surface area (Å²) in [6.45, 7) is 0.680. The first-order valence-electron chi connectivity index (χ1n) is 8.50. The molecule has 1 aliphatic rings. The number of nitrogens with one attached hydrogen (secondary N) is 1. The number of pyridine rings is 1. The van der Waals surface area contributed by atoms with Gasteiger partial charge in [-0.1, -0.05) is 31.4 Å². The molecule has 2 rings (SSSR count). The topological polar surface area (TPSA) is 77.4 Å². The summed E-state index contributed by atoms with van der Waals surface area (Å²) in [5.41, 5.74) is -2.12. The van der Waals surface area contributed by atoms with Crippen LogP contribution in [0.25, 0.3) is 0 Å². The Morgan fingerprint density at radius 2 is 2.00 bits per heavy atom. The molecule has 27 heavy (non-hydrogen) atoms. The summed E-state index contributed by atoms with van der Waals surface area (Å²) in [4.78, 5) is 35.5. The number of carbonyl (C=O) groups excluding carboxylic acids is 2. The number of rotatable bonds is 5. The van der Waals surface area contributed by atoms with E-state index in [0.717, 1.165) is 25.7 Å². The number of aromatic nitrogens is 1. The zero-order valence-corrected chi connectivity index (χ0v) is 15.4. The van der Waals surface area contributed by atoms with Gasteiger partial charge in [0.1, 0.15) is 11.6 Å². The van der Waals surface area contributed by atoms with E-state index in [2.05, 4.69) is 5.32 Å². The Kier molecular flexibility index (Phi) is 6.91. The zero-order valence-electron chi connectivity index (χ0n) is 14.6. The molecule has 2 atom stereocenters. The first-order valence-corrected chi connectivity index (χ1v) is 8.88. The van der Waals surface area contributed by atoms with Crippen molar-refractivity contribution in [2.75, 3.05) is 6.61 Å². The standard InChI is InChI=1S/C17H20ClF3N2O4/c1-10-4-2-3-5-13(10)22-14(24)9-27-15(25)8-23-7-11(17(19,20)21)6-12(18)16(23)26/h6-7,10,13H,2-5,8-9H2,1H3,(H,22,24)/t10-,13+/m1/s1. The van der Waals surface area contributed by atoms with Gasteiger partial charge in [0, 0.05) is 12.2 Å². The van der Waals surface area contributed by atoms with Gasteiger partial charge in [-0.25, -0.2) is 0 Å². The molecule has 0 saturated heterocycles. The van der Waals surface area contributed by atoms with E-state index in [0.29, 0.717) is 22.7 Å². The van der Waals surface area contributed by atoms with Gasteiger partial charge in [0.2, 0.25) is 0 Å². The Morgan fingerprint density at radius 3 is 2.63 bits per heavy atom. The quantitative estimate of drug-likeness (QED) is 0.760. The maximum absolute atomic E-state index is 12.8. The summed E-state index contributed by atoms with van der Waals surface area (Å²) in [5, 5.41) is 2.12. The number of amides is 1. The third kappa shape index (κ3) is 5.98. The summed E-state index contributed by atoms with van der Waals surface area (Å²) in [6, 6.07) is 0.500. The fraction of sp³-hybridized carbons (Fsp3) is 0.588. The predicted molar refractivity (Wildman–Crippen MR) is 91.2 cm³/mol. The van der Waals surface area contributed by atoms with Gasteiger partial charge < -0.3 is 14.6 Å². The summed E-state index contributed by atoms with van der Waals surface area (Å²) < 4.78 is 43.6. The number of ether oxygens (including phenoxy) is 1. The van der Waals surface area contributed by atoms with Crippen LogP contribution < -0.4 is 10.9 Å². The van der Waals surface area contributed by atoms with Crippen LogP contribution in [0.3, 0.4) is 0 Å². The second-order valence-corrected chi connectivity index (χ2v) is 7.01. The Labute approximate surface area is 158 Å². The molecule has 150 valence electrons. The van der Waals surface area contributed by atoms with Gasteiger partial charge in [0.05, 0.1) is 5.56 Å². The van der Waals surface area contributed by atoms with Gasteiger partial charge in [-0.2, -0.15) is 13.2 Å². The van der Waals surface area contributed by atoms with Crippen molar-refractivity contribution in [1.29, 1.82) is 0 Å². The average Bonchev–Trinajstić information content (AvgIpc) is 2.58. The number of halogens is 4. The molecule has 0 aliphatic heterocycles. The molecule has 0 unspecified atom stereocenters. The van der Waals surface area contributed by atoms with Crippen LogP contribution in [0.1, 0.15) is 38.2 Å². The van der Waals surface area contributed by atoms with Crippen LogP contribution >= 0.6 is 11.6 Å². The molecule has 0 aromatic carbocycles. The molecule has 1 aliphatic carbocycles. The molecule has 1 saturated carbocycles. The van der Waals surface area contributed by atoms with Crippen molar-refractivity contribution in [3.8, 4) is 0 Å². The van der Waals surface area contributed by atoms with E-state index in [1.54, 1.807) is 0 Å². The number of hydrogen-bond donors (Lipinski definition) is 1. The molecule has 0 spiro atoms. The lowest BCUT2D eigenvalue weighted by Crippen LogP contribution is -2.43. The minimum Gasteiger partial charge on any atom is -0.454 e. The van der Waals surface area contributed by atoms with E-state index in [9.17, 15) is 27.6 Å². The summed E-state index contributed by atoms with van der Waals surface area (Å²) in [5.74, 6) is -1.18. The fourth-order valence-corrected chi connectivity index (χ4v) is 3.21. The zero-order chi connectivity index (χ0) is 20.2. The normalized spacial score (nSPS) is 20.2. The Hall–Kier alpha value is -2.03. The van der Waals surface area contributed by atoms with E-state index in [1.165, 1.54) is 0 Å². The van der Waals surface area contributed by atoms with E-state index in [-0.39, 0.29) is 6.04 Å². The molecule has 0 bridgehead atoms. The van der Waals surface area contributed by atoms with E-state index < -0.39 is 47.3 Å². The summed E-state index contributed by atoms with van der Waals surface area (Å²) in [7, 11) is 0. The highest BCUT2D eigenvalue weighted by atomic mass is 35.5. The first-order chi connectivity index (χ1) is 12.6. The first kappa shape index (κ1) is 21.3. The van der Waals surface area contributed by atoms with Crippen molar-refractivity contribution in [2.45, 2.75) is 51.4 Å². The molecule has 10 heteroatoms. The van der Waals surface area contributed by atoms with Crippen LogP contribution in [0.4, 0.5) is 13.2 Å². The van der Waals surface area contributed by atoms with E-state index in [1.807, 2.05) is 6.92 Å². The van der Waals surface area contributed by atoms with Crippen LogP contribution in [0.2, 0.25) is 5.02 Å². The molecule has 1 aromatic heterocycles. The molecule has 1 aromatic rings. The van der Waals surface area contributed by atoms with Gasteiger partial charge in [-0.15, -0.1) is 0 Å². The lowest BCUT2D eigenvalue weighted by Gasteiger charge is -2.29. The average molecular weight is 409 g/mol. The molecule has 1 N–H and O–H groups in total. The molecule has 6 nitrogen and oxygen atoms in total. The van der Waals surface area contributed by atoms with E-state index in [4.69, 9.17) is 16.3 Å². The van der Waals surface area contributed by atoms with Crippen LogP contribution in [0.5, 0.6) is 0 Å². The maximum Gasteiger partial charge on any atom is 0.417 e. The molecule has 0 radical (unpaired) electrons. The highest BCUT2D eigenvalue weighted by molar-refractivity contribution is 6.30. The van der Waals surface area contributed by atoms with Crippen molar-refractivity contribution >= 4 is 23.5 Å². The second-order valence-electron chi connectivity index (χ2n) is 6.60. The van der Waals surface area contributed by atoms with Crippen molar-refractivity contribution in [2.24, 2.45) is 5.92 Å². The largest absolute Gasteiger partial charge is 0.454 e. The lowest BCUT2D eigenvalue weighted by atomic mass is 9.86. The van der Waals surface area contributed by atoms with Crippen molar-refractivity contribution in [3.05, 3.63) is 33.2 Å². The SMILES string of the molecule is C[C@@H]1CCCC[C@@H]1NC(=O)COC(=O)Cn1cc(C(F)(F)F)cc(Cl)c1=O. The fourth-order valence-electron chi connectivity index (χ4n) is 2.98. The molecule has 1 heterocycles. The molecular formula is C17H20ClF3N2O4. The lowest BCUT2D eigenvalue weighted by molar-refractivity contribution is -0.149. The van der Waals surface area contributed by atoms with Crippen LogP contribution in [0, 0.1) is 5.92 Å². The minimum atomic E-state index is -4.72. The Morgan fingerprint density at radius 1 is 1.33 bits per heavy atom. The Balaban J connectivity index is 1.93. The second kappa shape index (κ2) is 8.77. The highest BCUT2D eigenvalue weighted by Crippen LogP contribution is 2.29. The number of nitrogens with zero attached hydrogens (tertiary/aromatic N) is 1. The number of alkyl halides is 3. The van der Waals surface area contributed by atoms with Crippen LogP contribution in [0.15, 0.2) is 17.1 Å². The maximum atomic E-state index is 12.8. The smallest absolute Gasteiger partial charge is 0.417 e. The van der Waals surface area contributed by atoms with Crippen molar-refractivity contribution < 1.29 is 27.5 Å². The van der Waals surface area contributed by atoms with Crippen LogP contribution in [-0.4, -0.2) is 29.1 Å². The van der Waals surface area contributed by atoms with Gasteiger partial charge in [-0.05, 0) is 24.8 Å². The van der Waals surface area contributed by atoms with Gasteiger partial charge in [-0.3, -0.25) is 14.4 Å². The molecular weight excluding hydrogens is 389 g/mol. The van der Waals surface area contributed by atoms with Gasteiger partial charge in [0.25, 0.3) is 11.5 Å². The van der Waals surface area contributed by atoms with Crippen LogP contribution in [-0.2, 0) is 27.0 Å². The third-order valence-electron chi connectivity index (χ3n) is 4.49. The summed E-state index contributed by atoms with van der Waals surface area (Å²) in [6.07, 6.45) is -0.271. The monoisotopic (exact) mass is 408 g/mol. The third-order valence-corrected chi connectivity index (χ3v) is 4.76. The number of esters is 1. The minimum absolute atomic E-state index is 0.00912. The summed E-state index contributed by atoms with van der Waals surface area (Å²) >= 11 is 5.51. The van der Waals surface area contributed by atoms with Crippen molar-refractivity contribution in [1.82, 2.24) is 9.88 Å². The molecule has 1 amide bonds. The Bertz CT molecular complexity index is 764. The molecule has 1 fully saturated rings. The predicted octanol–water partition coefficient (Wildman–Crippen LogP) is 2.76. The van der Waals surface area contributed by atoms with Gasteiger partial charge >= 0.3 is 12.1 Å². The number of hydrogen-bond acceptors (Lipinski definition) is 4. The van der Waals surface area contributed by atoms with Crippen molar-refractivity contribution in [3.63, 3.8) is 0 Å².